The first-order chi connectivity index (χ1) is 9.86. The third-order valence-corrected chi connectivity index (χ3v) is 5.47. The number of aliphatic hydroxyl groups is 1. The van der Waals surface area contributed by atoms with Crippen molar-refractivity contribution in [3.63, 3.8) is 0 Å². The molecule has 0 spiro atoms. The largest absolute Gasteiger partial charge is 0.395 e. The van der Waals surface area contributed by atoms with Crippen molar-refractivity contribution >= 4 is 15.9 Å². The Morgan fingerprint density at radius 2 is 1.95 bits per heavy atom. The van der Waals surface area contributed by atoms with Crippen LogP contribution in [0.25, 0.3) is 0 Å². The van der Waals surface area contributed by atoms with Crippen LogP contribution in [0.1, 0.15) is 6.92 Å². The Bertz CT molecular complexity index is 618. The zero-order chi connectivity index (χ0) is 15.6. The van der Waals surface area contributed by atoms with E-state index >= 15 is 0 Å². The monoisotopic (exact) mass is 316 g/mol. The zero-order valence-electron chi connectivity index (χ0n) is 11.6. The number of carbonyl (C=O) groups is 1. The molecule has 0 aromatic heterocycles. The van der Waals surface area contributed by atoms with Crippen molar-refractivity contribution in [3.8, 4) is 0 Å². The van der Waals surface area contributed by atoms with Crippen molar-refractivity contribution in [1.82, 2.24) is 9.21 Å². The maximum atomic E-state index is 12.9. The molecule has 2 rings (SSSR count). The average molecular weight is 316 g/mol. The predicted octanol–water partition coefficient (Wildman–Crippen LogP) is 0.0394. The number of hydrogen-bond acceptors (Lipinski definition) is 4. The Labute approximate surface area is 122 Å². The van der Waals surface area contributed by atoms with E-state index in [9.17, 15) is 22.7 Å². The molecule has 6 nitrogen and oxygen atoms in total. The van der Waals surface area contributed by atoms with Crippen LogP contribution in [0.2, 0.25) is 0 Å². The van der Waals surface area contributed by atoms with Gasteiger partial charge >= 0.3 is 0 Å². The van der Waals surface area contributed by atoms with Gasteiger partial charge in [0, 0.05) is 26.6 Å². The molecule has 21 heavy (non-hydrogen) atoms. The fraction of sp³-hybridized carbons (Fsp3) is 0.462. The standard InChI is InChI=1S/C13H17FN2O4S/c1-10(18)15-6-7-16(12(8-15)9-17)21(19,20)13-4-2-11(14)3-5-13/h2-5,12,17H,6-9H2,1H3. The summed E-state index contributed by atoms with van der Waals surface area (Å²) in [5.74, 6) is -0.679. The number of aliphatic hydroxyl groups excluding tert-OH is 1. The van der Waals surface area contributed by atoms with Crippen LogP contribution in [0.5, 0.6) is 0 Å². The lowest BCUT2D eigenvalue weighted by atomic mass is 10.2. The zero-order valence-corrected chi connectivity index (χ0v) is 12.4. The Balaban J connectivity index is 2.27. The number of amides is 1. The molecule has 1 atom stereocenters. The second kappa shape index (κ2) is 6.08. The summed E-state index contributed by atoms with van der Waals surface area (Å²) in [6, 6.07) is 3.84. The van der Waals surface area contributed by atoms with Gasteiger partial charge in [0.1, 0.15) is 5.82 Å². The quantitative estimate of drug-likeness (QED) is 0.854. The van der Waals surface area contributed by atoms with Crippen molar-refractivity contribution in [2.45, 2.75) is 17.9 Å². The number of rotatable bonds is 3. The van der Waals surface area contributed by atoms with E-state index in [1.165, 1.54) is 28.3 Å². The fourth-order valence-corrected chi connectivity index (χ4v) is 3.93. The molecular weight excluding hydrogens is 299 g/mol. The van der Waals surface area contributed by atoms with Gasteiger partial charge in [0.2, 0.25) is 15.9 Å². The average Bonchev–Trinajstić information content (AvgIpc) is 2.46. The van der Waals surface area contributed by atoms with Gasteiger partial charge in [0.15, 0.2) is 0 Å². The summed E-state index contributed by atoms with van der Waals surface area (Å²) in [6.45, 7) is 1.53. The third kappa shape index (κ3) is 3.22. The maximum Gasteiger partial charge on any atom is 0.243 e. The first-order valence-electron chi connectivity index (χ1n) is 6.50. The normalized spacial score (nSPS) is 20.5. The highest BCUT2D eigenvalue weighted by molar-refractivity contribution is 7.89. The number of sulfonamides is 1. The number of hydrogen-bond donors (Lipinski definition) is 1. The molecular formula is C13H17FN2O4S. The first-order valence-corrected chi connectivity index (χ1v) is 7.94. The first kappa shape index (κ1) is 15.9. The summed E-state index contributed by atoms with van der Waals surface area (Å²) in [5.41, 5.74) is 0. The van der Waals surface area contributed by atoms with Crippen molar-refractivity contribution in [3.05, 3.63) is 30.1 Å². The molecule has 1 heterocycles. The van der Waals surface area contributed by atoms with Crippen LogP contribution in [0.3, 0.4) is 0 Å². The minimum Gasteiger partial charge on any atom is -0.395 e. The van der Waals surface area contributed by atoms with Gasteiger partial charge in [-0.25, -0.2) is 12.8 Å². The van der Waals surface area contributed by atoms with Gasteiger partial charge in [0.25, 0.3) is 0 Å². The van der Waals surface area contributed by atoms with Gasteiger partial charge in [-0.3, -0.25) is 4.79 Å². The lowest BCUT2D eigenvalue weighted by Gasteiger charge is -2.39. The number of piperazine rings is 1. The lowest BCUT2D eigenvalue weighted by molar-refractivity contribution is -0.131. The molecule has 1 amide bonds. The minimum atomic E-state index is -3.82. The van der Waals surface area contributed by atoms with Crippen LogP contribution >= 0.6 is 0 Å². The molecule has 1 aliphatic rings. The summed E-state index contributed by atoms with van der Waals surface area (Å²) in [7, 11) is -3.82. The van der Waals surface area contributed by atoms with E-state index in [1.54, 1.807) is 0 Å². The van der Waals surface area contributed by atoms with Crippen LogP contribution in [-0.4, -0.2) is 60.9 Å². The number of nitrogens with zero attached hydrogens (tertiary/aromatic N) is 2. The van der Waals surface area contributed by atoms with E-state index in [2.05, 4.69) is 0 Å². The van der Waals surface area contributed by atoms with Gasteiger partial charge < -0.3 is 10.0 Å². The van der Waals surface area contributed by atoms with Crippen molar-refractivity contribution in [1.29, 1.82) is 0 Å². The van der Waals surface area contributed by atoms with Crippen molar-refractivity contribution < 1.29 is 22.7 Å². The molecule has 0 aliphatic carbocycles. The molecule has 0 saturated carbocycles. The number of benzene rings is 1. The molecule has 116 valence electrons. The maximum absolute atomic E-state index is 12.9. The molecule has 1 saturated heterocycles. The summed E-state index contributed by atoms with van der Waals surface area (Å²) < 4.78 is 39.1. The fourth-order valence-electron chi connectivity index (χ4n) is 2.33. The molecule has 1 unspecified atom stereocenters. The van der Waals surface area contributed by atoms with Gasteiger partial charge in [-0.15, -0.1) is 0 Å². The molecule has 1 aromatic rings. The van der Waals surface area contributed by atoms with Gasteiger partial charge in [-0.1, -0.05) is 0 Å². The molecule has 1 aliphatic heterocycles. The predicted molar refractivity (Wildman–Crippen MR) is 73.4 cm³/mol. The van der Waals surface area contributed by atoms with Gasteiger partial charge in [-0.05, 0) is 24.3 Å². The van der Waals surface area contributed by atoms with Crippen LogP contribution in [0, 0.1) is 5.82 Å². The summed E-state index contributed by atoms with van der Waals surface area (Å²) in [6.07, 6.45) is 0. The summed E-state index contributed by atoms with van der Waals surface area (Å²) in [4.78, 5) is 12.8. The van der Waals surface area contributed by atoms with Gasteiger partial charge in [-0.2, -0.15) is 4.31 Å². The topological polar surface area (TPSA) is 77.9 Å². The summed E-state index contributed by atoms with van der Waals surface area (Å²) >= 11 is 0. The smallest absolute Gasteiger partial charge is 0.243 e. The van der Waals surface area contributed by atoms with E-state index in [1.807, 2.05) is 0 Å². The number of carbonyl (C=O) groups excluding carboxylic acids is 1. The molecule has 0 bridgehead atoms. The highest BCUT2D eigenvalue weighted by atomic mass is 32.2. The molecule has 1 aromatic carbocycles. The number of halogens is 1. The third-order valence-electron chi connectivity index (χ3n) is 3.51. The highest BCUT2D eigenvalue weighted by Gasteiger charge is 2.36. The Morgan fingerprint density at radius 3 is 2.48 bits per heavy atom. The van der Waals surface area contributed by atoms with E-state index in [0.717, 1.165) is 12.1 Å². The van der Waals surface area contributed by atoms with Crippen molar-refractivity contribution in [2.24, 2.45) is 0 Å². The minimum absolute atomic E-state index is 0.0291. The second-order valence-corrected chi connectivity index (χ2v) is 6.76. The van der Waals surface area contributed by atoms with E-state index in [0.29, 0.717) is 0 Å². The van der Waals surface area contributed by atoms with E-state index in [4.69, 9.17) is 0 Å². The Kier molecular flexibility index (Phi) is 4.60. The van der Waals surface area contributed by atoms with E-state index < -0.39 is 21.9 Å². The van der Waals surface area contributed by atoms with Crippen LogP contribution in [0.4, 0.5) is 4.39 Å². The molecule has 1 fully saturated rings. The molecule has 1 N–H and O–H groups in total. The van der Waals surface area contributed by atoms with Crippen LogP contribution in [0.15, 0.2) is 29.2 Å². The Hall–Kier alpha value is -1.51. The van der Waals surface area contributed by atoms with Crippen LogP contribution < -0.4 is 0 Å². The van der Waals surface area contributed by atoms with Gasteiger partial charge in [0.05, 0.1) is 17.5 Å². The molecule has 8 heteroatoms. The van der Waals surface area contributed by atoms with Crippen molar-refractivity contribution in [2.75, 3.05) is 26.2 Å². The lowest BCUT2D eigenvalue weighted by Crippen LogP contribution is -2.57. The summed E-state index contributed by atoms with van der Waals surface area (Å²) in [5, 5.41) is 9.41. The van der Waals surface area contributed by atoms with E-state index in [-0.39, 0.29) is 37.0 Å². The second-order valence-electron chi connectivity index (χ2n) is 4.87. The molecule has 0 radical (unpaired) electrons. The van der Waals surface area contributed by atoms with Crippen LogP contribution in [-0.2, 0) is 14.8 Å². The highest BCUT2D eigenvalue weighted by Crippen LogP contribution is 2.21. The SMILES string of the molecule is CC(=O)N1CCN(S(=O)(=O)c2ccc(F)cc2)C(CO)C1. The Morgan fingerprint density at radius 1 is 1.33 bits per heavy atom.